The first-order valence-electron chi connectivity index (χ1n) is 6.89. The third-order valence-electron chi connectivity index (χ3n) is 4.02. The van der Waals surface area contributed by atoms with Crippen molar-refractivity contribution in [2.45, 2.75) is 46.1 Å². The van der Waals surface area contributed by atoms with Crippen LogP contribution in [-0.4, -0.2) is 23.4 Å². The smallest absolute Gasteiger partial charge is 0.216 e. The van der Waals surface area contributed by atoms with Crippen molar-refractivity contribution in [2.75, 3.05) is 13.7 Å². The van der Waals surface area contributed by atoms with Gasteiger partial charge in [-0.2, -0.15) is 5.10 Å². The molecule has 1 aromatic rings. The molecule has 0 saturated heterocycles. The number of hydrogen-bond donors (Lipinski definition) is 1. The zero-order valence-corrected chi connectivity index (χ0v) is 12.0. The maximum atomic E-state index is 5.40. The lowest BCUT2D eigenvalue weighted by atomic mass is 10.0. The summed E-state index contributed by atoms with van der Waals surface area (Å²) >= 11 is 0. The number of nitrogens with zero attached hydrogens (tertiary/aromatic N) is 2. The Bertz CT molecular complexity index is 407. The number of hydrogen-bond acceptors (Lipinski definition) is 3. The van der Waals surface area contributed by atoms with Crippen molar-refractivity contribution in [3.8, 4) is 5.88 Å². The van der Waals surface area contributed by atoms with Crippen LogP contribution in [0.2, 0.25) is 0 Å². The summed E-state index contributed by atoms with van der Waals surface area (Å²) in [6.07, 6.45) is 5.41. The second-order valence-electron chi connectivity index (χ2n) is 5.55. The van der Waals surface area contributed by atoms with Gasteiger partial charge >= 0.3 is 0 Å². The average Bonchev–Trinajstić information content (AvgIpc) is 3.02. The molecule has 1 aliphatic carbocycles. The van der Waals surface area contributed by atoms with Gasteiger partial charge in [0.15, 0.2) is 0 Å². The molecule has 1 saturated carbocycles. The van der Waals surface area contributed by atoms with Crippen LogP contribution in [-0.2, 0) is 13.6 Å². The minimum Gasteiger partial charge on any atom is -0.481 e. The number of aryl methyl sites for hydroxylation is 2. The molecule has 0 atom stereocenters. The maximum Gasteiger partial charge on any atom is 0.216 e. The van der Waals surface area contributed by atoms with E-state index in [1.165, 1.54) is 31.2 Å². The van der Waals surface area contributed by atoms with Crippen LogP contribution in [0, 0.1) is 12.3 Å². The Morgan fingerprint density at radius 1 is 1.44 bits per heavy atom. The molecule has 102 valence electrons. The van der Waals surface area contributed by atoms with Crippen molar-refractivity contribution in [2.24, 2.45) is 12.5 Å². The third-order valence-corrected chi connectivity index (χ3v) is 4.02. The second kappa shape index (κ2) is 5.31. The summed E-state index contributed by atoms with van der Waals surface area (Å²) in [6.45, 7) is 6.29. The van der Waals surface area contributed by atoms with Gasteiger partial charge in [0, 0.05) is 20.1 Å². The SMILES string of the molecule is CCCC1(CNCc2c(C)nn(C)c2OC)CC1. The van der Waals surface area contributed by atoms with Crippen molar-refractivity contribution in [3.63, 3.8) is 0 Å². The summed E-state index contributed by atoms with van der Waals surface area (Å²) in [7, 11) is 3.63. The summed E-state index contributed by atoms with van der Waals surface area (Å²) in [5, 5.41) is 7.99. The molecule has 0 unspecified atom stereocenters. The Morgan fingerprint density at radius 3 is 2.72 bits per heavy atom. The first-order chi connectivity index (χ1) is 8.62. The Labute approximate surface area is 110 Å². The van der Waals surface area contributed by atoms with Crippen LogP contribution in [0.1, 0.15) is 43.9 Å². The Kier molecular flexibility index (Phi) is 3.95. The molecule has 0 spiro atoms. The van der Waals surface area contributed by atoms with Crippen LogP contribution in [0.4, 0.5) is 0 Å². The first kappa shape index (κ1) is 13.4. The molecule has 1 fully saturated rings. The standard InChI is InChI=1S/C14H25N3O/c1-5-6-14(7-8-14)10-15-9-12-11(2)16-17(3)13(12)18-4/h15H,5-10H2,1-4H3. The fraction of sp³-hybridized carbons (Fsp3) is 0.786. The molecular weight excluding hydrogens is 226 g/mol. The van der Waals surface area contributed by atoms with Crippen LogP contribution >= 0.6 is 0 Å². The molecule has 0 amide bonds. The zero-order chi connectivity index (χ0) is 13.2. The molecule has 4 heteroatoms. The zero-order valence-electron chi connectivity index (χ0n) is 12.0. The fourth-order valence-electron chi connectivity index (χ4n) is 2.81. The van der Waals surface area contributed by atoms with Gasteiger partial charge in [-0.25, -0.2) is 4.68 Å². The Morgan fingerprint density at radius 2 is 2.17 bits per heavy atom. The minimum atomic E-state index is 0.595. The van der Waals surface area contributed by atoms with E-state index in [0.717, 1.165) is 24.7 Å². The van der Waals surface area contributed by atoms with E-state index < -0.39 is 0 Å². The van der Waals surface area contributed by atoms with E-state index in [1.54, 1.807) is 7.11 Å². The summed E-state index contributed by atoms with van der Waals surface area (Å²) in [5.74, 6) is 0.875. The van der Waals surface area contributed by atoms with Crippen molar-refractivity contribution < 1.29 is 4.74 Å². The quantitative estimate of drug-likeness (QED) is 0.809. The lowest BCUT2D eigenvalue weighted by Gasteiger charge is -2.15. The fourth-order valence-corrected chi connectivity index (χ4v) is 2.81. The van der Waals surface area contributed by atoms with Crippen molar-refractivity contribution in [3.05, 3.63) is 11.3 Å². The molecular formula is C14H25N3O. The predicted molar refractivity (Wildman–Crippen MR) is 72.8 cm³/mol. The van der Waals surface area contributed by atoms with Gasteiger partial charge in [0.1, 0.15) is 0 Å². The lowest BCUT2D eigenvalue weighted by molar-refractivity contribution is 0.365. The van der Waals surface area contributed by atoms with Gasteiger partial charge in [-0.3, -0.25) is 0 Å². The van der Waals surface area contributed by atoms with Gasteiger partial charge in [0.25, 0.3) is 0 Å². The molecule has 0 aliphatic heterocycles. The van der Waals surface area contributed by atoms with Gasteiger partial charge in [-0.1, -0.05) is 13.3 Å². The van der Waals surface area contributed by atoms with Crippen LogP contribution in [0.15, 0.2) is 0 Å². The van der Waals surface area contributed by atoms with Gasteiger partial charge in [0.2, 0.25) is 5.88 Å². The van der Waals surface area contributed by atoms with E-state index in [9.17, 15) is 0 Å². The number of rotatable bonds is 7. The summed E-state index contributed by atoms with van der Waals surface area (Å²) in [5.41, 5.74) is 2.84. The molecule has 2 rings (SSSR count). The van der Waals surface area contributed by atoms with Crippen molar-refractivity contribution >= 4 is 0 Å². The summed E-state index contributed by atoms with van der Waals surface area (Å²) in [4.78, 5) is 0. The maximum absolute atomic E-state index is 5.40. The average molecular weight is 251 g/mol. The third kappa shape index (κ3) is 2.69. The van der Waals surface area contributed by atoms with Crippen LogP contribution in [0.25, 0.3) is 0 Å². The van der Waals surface area contributed by atoms with E-state index >= 15 is 0 Å². The molecule has 1 N–H and O–H groups in total. The summed E-state index contributed by atoms with van der Waals surface area (Å²) in [6, 6.07) is 0. The number of aromatic nitrogens is 2. The van der Waals surface area contributed by atoms with Gasteiger partial charge in [-0.05, 0) is 31.6 Å². The van der Waals surface area contributed by atoms with E-state index in [-0.39, 0.29) is 0 Å². The highest BCUT2D eigenvalue weighted by molar-refractivity contribution is 5.30. The van der Waals surface area contributed by atoms with Gasteiger partial charge < -0.3 is 10.1 Å². The van der Waals surface area contributed by atoms with E-state index in [2.05, 4.69) is 17.3 Å². The monoisotopic (exact) mass is 251 g/mol. The van der Waals surface area contributed by atoms with Crippen molar-refractivity contribution in [1.29, 1.82) is 0 Å². The lowest BCUT2D eigenvalue weighted by Crippen LogP contribution is -2.24. The second-order valence-corrected chi connectivity index (χ2v) is 5.55. The van der Waals surface area contributed by atoms with Crippen LogP contribution < -0.4 is 10.1 Å². The topological polar surface area (TPSA) is 39.1 Å². The van der Waals surface area contributed by atoms with Crippen molar-refractivity contribution in [1.82, 2.24) is 15.1 Å². The molecule has 0 bridgehead atoms. The minimum absolute atomic E-state index is 0.595. The molecule has 0 aromatic carbocycles. The van der Waals surface area contributed by atoms with Gasteiger partial charge in [0.05, 0.1) is 18.4 Å². The van der Waals surface area contributed by atoms with E-state index in [1.807, 2.05) is 18.7 Å². The Hall–Kier alpha value is -1.03. The number of nitrogens with one attached hydrogen (secondary N) is 1. The molecule has 1 aliphatic rings. The Balaban J connectivity index is 1.90. The molecule has 1 heterocycles. The number of methoxy groups -OCH3 is 1. The predicted octanol–water partition coefficient (Wildman–Crippen LogP) is 2.41. The normalized spacial score (nSPS) is 16.9. The first-order valence-corrected chi connectivity index (χ1v) is 6.89. The summed E-state index contributed by atoms with van der Waals surface area (Å²) < 4.78 is 7.21. The molecule has 1 aromatic heterocycles. The van der Waals surface area contributed by atoms with E-state index in [0.29, 0.717) is 5.41 Å². The molecule has 4 nitrogen and oxygen atoms in total. The van der Waals surface area contributed by atoms with E-state index in [4.69, 9.17) is 4.74 Å². The van der Waals surface area contributed by atoms with Gasteiger partial charge in [-0.15, -0.1) is 0 Å². The van der Waals surface area contributed by atoms with Crippen LogP contribution in [0.3, 0.4) is 0 Å². The molecule has 0 radical (unpaired) electrons. The molecule has 18 heavy (non-hydrogen) atoms. The van der Waals surface area contributed by atoms with Crippen LogP contribution in [0.5, 0.6) is 5.88 Å². The largest absolute Gasteiger partial charge is 0.481 e. The number of ether oxygens (including phenoxy) is 1. The highest BCUT2D eigenvalue weighted by atomic mass is 16.5. The highest BCUT2D eigenvalue weighted by Gasteiger charge is 2.40. The highest BCUT2D eigenvalue weighted by Crippen LogP contribution is 2.48.